The lowest BCUT2D eigenvalue weighted by molar-refractivity contribution is -0.135. The standard InChI is InChI=1S/C30H38FN9O5S/c1-17-4-6-19(7-5-17)26(36-27(41)23-15-33-45-37-23)29(43)34-22-9-8-20(14-21(22)31)18(2)25(35-28(42)24-16-32-38-46-24)30(44)40-12-10-39(3)11-13-40/h8-9,14-19,25-26H,4-7,10-13H2,1-3H3,(H,34,43)(H,35,42)(H,36,41)/t17?,18-,19?,25+,26-/m0/s1. The number of hydrogen-bond acceptors (Lipinski definition) is 11. The van der Waals surface area contributed by atoms with Crippen LogP contribution in [0, 0.1) is 17.7 Å². The minimum absolute atomic E-state index is 0.0640. The molecule has 1 aliphatic heterocycles. The van der Waals surface area contributed by atoms with Crippen LogP contribution in [0.1, 0.15) is 71.2 Å². The average molecular weight is 656 g/mol. The molecule has 4 amide bonds. The Morgan fingerprint density at radius 2 is 1.76 bits per heavy atom. The Balaban J connectivity index is 1.33. The van der Waals surface area contributed by atoms with Crippen molar-refractivity contribution < 1.29 is 28.2 Å². The van der Waals surface area contributed by atoms with Gasteiger partial charge >= 0.3 is 0 Å². The van der Waals surface area contributed by atoms with Crippen molar-refractivity contribution in [1.29, 1.82) is 0 Å². The summed E-state index contributed by atoms with van der Waals surface area (Å²) in [5, 5.41) is 18.9. The Bertz CT molecular complexity index is 1510. The molecule has 3 N–H and O–H groups in total. The zero-order valence-corrected chi connectivity index (χ0v) is 26.8. The molecule has 3 heterocycles. The van der Waals surface area contributed by atoms with Gasteiger partial charge in [0.05, 0.1) is 11.9 Å². The van der Waals surface area contributed by atoms with Gasteiger partial charge in [-0.25, -0.2) is 9.02 Å². The molecule has 46 heavy (non-hydrogen) atoms. The second kappa shape index (κ2) is 14.9. The summed E-state index contributed by atoms with van der Waals surface area (Å²) in [5.74, 6) is -2.92. The van der Waals surface area contributed by atoms with Gasteiger partial charge in [-0.15, -0.1) is 5.10 Å². The molecule has 246 valence electrons. The van der Waals surface area contributed by atoms with Gasteiger partial charge in [-0.3, -0.25) is 19.2 Å². The maximum Gasteiger partial charge on any atom is 0.275 e. The van der Waals surface area contributed by atoms with E-state index in [0.717, 1.165) is 43.4 Å². The topological polar surface area (TPSA) is 176 Å². The number of piperazine rings is 1. The van der Waals surface area contributed by atoms with E-state index in [1.54, 1.807) is 17.9 Å². The number of benzene rings is 1. The number of nitrogens with one attached hydrogen (secondary N) is 3. The number of nitrogens with zero attached hydrogens (tertiary/aromatic N) is 6. The number of hydrogen-bond donors (Lipinski definition) is 3. The quantitative estimate of drug-likeness (QED) is 0.294. The number of amides is 4. The Morgan fingerprint density at radius 3 is 2.39 bits per heavy atom. The van der Waals surface area contributed by atoms with Gasteiger partial charge in [-0.05, 0) is 66.1 Å². The lowest BCUT2D eigenvalue weighted by Gasteiger charge is -2.36. The molecule has 14 nitrogen and oxygen atoms in total. The Kier molecular flexibility index (Phi) is 10.7. The van der Waals surface area contributed by atoms with Crippen molar-refractivity contribution in [2.75, 3.05) is 38.5 Å². The van der Waals surface area contributed by atoms with Crippen molar-refractivity contribution in [1.82, 2.24) is 40.3 Å². The average Bonchev–Trinajstić information content (AvgIpc) is 3.79. The van der Waals surface area contributed by atoms with E-state index < -0.39 is 41.5 Å². The van der Waals surface area contributed by atoms with Crippen LogP contribution in [-0.4, -0.2) is 98.6 Å². The number of halogens is 1. The van der Waals surface area contributed by atoms with E-state index in [2.05, 4.69) is 52.3 Å². The monoisotopic (exact) mass is 655 g/mol. The van der Waals surface area contributed by atoms with Crippen molar-refractivity contribution in [3.05, 3.63) is 52.5 Å². The molecule has 1 saturated carbocycles. The first kappa shape index (κ1) is 33.1. The van der Waals surface area contributed by atoms with Crippen molar-refractivity contribution in [3.8, 4) is 0 Å². The Labute approximate surface area is 269 Å². The van der Waals surface area contributed by atoms with Crippen LogP contribution in [0.25, 0.3) is 0 Å². The summed E-state index contributed by atoms with van der Waals surface area (Å²) in [5.41, 5.74) is 0.315. The van der Waals surface area contributed by atoms with Crippen LogP contribution in [-0.2, 0) is 9.59 Å². The maximum absolute atomic E-state index is 15.6. The summed E-state index contributed by atoms with van der Waals surface area (Å²) in [7, 11) is 1.98. The largest absolute Gasteiger partial charge is 0.339 e. The second-order valence-corrected chi connectivity index (χ2v) is 12.9. The van der Waals surface area contributed by atoms with Crippen LogP contribution in [0.2, 0.25) is 0 Å². The predicted octanol–water partition coefficient (Wildman–Crippen LogP) is 2.30. The van der Waals surface area contributed by atoms with E-state index in [-0.39, 0.29) is 28.1 Å². The molecule has 0 unspecified atom stereocenters. The highest BCUT2D eigenvalue weighted by molar-refractivity contribution is 7.07. The van der Waals surface area contributed by atoms with E-state index >= 15 is 4.39 Å². The van der Waals surface area contributed by atoms with Crippen LogP contribution in [0.5, 0.6) is 0 Å². The molecule has 3 atom stereocenters. The molecule has 0 spiro atoms. The molecular formula is C30H38FN9O5S. The third-order valence-corrected chi connectivity index (χ3v) is 9.59. The Morgan fingerprint density at radius 1 is 1.02 bits per heavy atom. The van der Waals surface area contributed by atoms with E-state index in [0.29, 0.717) is 37.7 Å². The van der Waals surface area contributed by atoms with Crippen LogP contribution < -0.4 is 16.0 Å². The molecule has 1 aliphatic carbocycles. The first-order valence-corrected chi connectivity index (χ1v) is 16.1. The van der Waals surface area contributed by atoms with Gasteiger partial charge in [0.2, 0.25) is 11.8 Å². The van der Waals surface area contributed by atoms with Crippen molar-refractivity contribution >= 4 is 40.8 Å². The Hall–Kier alpha value is -4.31. The van der Waals surface area contributed by atoms with E-state index in [9.17, 15) is 19.2 Å². The molecule has 0 radical (unpaired) electrons. The number of anilines is 1. The fourth-order valence-electron chi connectivity index (χ4n) is 5.92. The zero-order chi connectivity index (χ0) is 32.8. The number of rotatable bonds is 10. The molecule has 2 fully saturated rings. The summed E-state index contributed by atoms with van der Waals surface area (Å²) in [6.07, 6.45) is 5.74. The third-order valence-electron chi connectivity index (χ3n) is 8.92. The number of carbonyl (C=O) groups is 4. The fourth-order valence-corrected chi connectivity index (χ4v) is 6.34. The van der Waals surface area contributed by atoms with Crippen LogP contribution in [0.3, 0.4) is 0 Å². The minimum Gasteiger partial charge on any atom is -0.339 e. The second-order valence-electron chi connectivity index (χ2n) is 12.1. The van der Waals surface area contributed by atoms with Gasteiger partial charge in [-0.1, -0.05) is 42.4 Å². The summed E-state index contributed by atoms with van der Waals surface area (Å²) >= 11 is 0.911. The molecular weight excluding hydrogens is 617 g/mol. The van der Waals surface area contributed by atoms with Crippen molar-refractivity contribution in [3.63, 3.8) is 0 Å². The van der Waals surface area contributed by atoms with Gasteiger partial charge in [-0.2, -0.15) is 0 Å². The van der Waals surface area contributed by atoms with E-state index in [1.807, 2.05) is 7.05 Å². The molecule has 16 heteroatoms. The highest BCUT2D eigenvalue weighted by Gasteiger charge is 2.35. The summed E-state index contributed by atoms with van der Waals surface area (Å²) in [6.45, 7) is 6.28. The van der Waals surface area contributed by atoms with E-state index in [4.69, 9.17) is 0 Å². The van der Waals surface area contributed by atoms with Gasteiger partial charge in [0.25, 0.3) is 11.8 Å². The number of likely N-dealkylation sites (N-methyl/N-ethyl adjacent to an activating group) is 1. The molecule has 1 saturated heterocycles. The van der Waals surface area contributed by atoms with Gasteiger partial charge < -0.3 is 25.8 Å². The molecule has 3 aromatic rings. The molecule has 1 aromatic carbocycles. The SMILES string of the molecule is CC1CCC([C@H](NC(=O)c2cnon2)C(=O)Nc2ccc([C@H](C)[C@@H](NC(=O)c3cnns3)C(=O)N3CCN(C)CC3)cc2F)CC1. The van der Waals surface area contributed by atoms with Gasteiger partial charge in [0, 0.05) is 32.1 Å². The van der Waals surface area contributed by atoms with Crippen LogP contribution in [0.15, 0.2) is 35.2 Å². The van der Waals surface area contributed by atoms with Crippen molar-refractivity contribution in [2.24, 2.45) is 11.8 Å². The number of aromatic nitrogens is 4. The maximum atomic E-state index is 15.6. The molecule has 2 aliphatic rings. The molecule has 0 bridgehead atoms. The predicted molar refractivity (Wildman–Crippen MR) is 165 cm³/mol. The summed E-state index contributed by atoms with van der Waals surface area (Å²) < 4.78 is 23.9. The lowest BCUT2D eigenvalue weighted by atomic mass is 9.79. The smallest absolute Gasteiger partial charge is 0.275 e. The summed E-state index contributed by atoms with van der Waals surface area (Å²) in [6, 6.07) is 2.37. The normalized spacial score (nSPS) is 20.7. The third kappa shape index (κ3) is 7.91. The highest BCUT2D eigenvalue weighted by Crippen LogP contribution is 2.32. The van der Waals surface area contributed by atoms with Crippen LogP contribution in [0.4, 0.5) is 10.1 Å². The highest BCUT2D eigenvalue weighted by atomic mass is 32.1. The number of carbonyl (C=O) groups excluding carboxylic acids is 4. The van der Waals surface area contributed by atoms with Crippen molar-refractivity contribution in [2.45, 2.75) is 57.5 Å². The minimum atomic E-state index is -0.989. The van der Waals surface area contributed by atoms with Gasteiger partial charge in [0.15, 0.2) is 5.69 Å². The summed E-state index contributed by atoms with van der Waals surface area (Å²) in [4.78, 5) is 57.1. The van der Waals surface area contributed by atoms with Crippen LogP contribution >= 0.6 is 11.5 Å². The first-order valence-electron chi connectivity index (χ1n) is 15.3. The fraction of sp³-hybridized carbons (Fsp3) is 0.533. The first-order chi connectivity index (χ1) is 22.1. The zero-order valence-electron chi connectivity index (χ0n) is 25.9. The molecule has 5 rings (SSSR count). The molecule has 2 aromatic heterocycles. The lowest BCUT2D eigenvalue weighted by Crippen LogP contribution is -2.55. The van der Waals surface area contributed by atoms with Gasteiger partial charge in [0.1, 0.15) is 29.0 Å². The van der Waals surface area contributed by atoms with E-state index in [1.165, 1.54) is 18.3 Å².